The zero-order valence-electron chi connectivity index (χ0n) is 11.1. The third-order valence-electron chi connectivity index (χ3n) is 2.78. The molecule has 6 heteroatoms. The van der Waals surface area contributed by atoms with E-state index in [1.54, 1.807) is 18.3 Å². The van der Waals surface area contributed by atoms with Crippen LogP contribution in [0.3, 0.4) is 0 Å². The fraction of sp³-hybridized carbons (Fsp3) is 0.286. The van der Waals surface area contributed by atoms with Gasteiger partial charge in [0.05, 0.1) is 11.7 Å². The zero-order valence-corrected chi connectivity index (χ0v) is 12.7. The van der Waals surface area contributed by atoms with Crippen molar-refractivity contribution in [3.63, 3.8) is 0 Å². The van der Waals surface area contributed by atoms with Crippen molar-refractivity contribution in [2.24, 2.45) is 0 Å². The van der Waals surface area contributed by atoms with Gasteiger partial charge in [0.25, 0.3) is 5.91 Å². The highest BCUT2D eigenvalue weighted by Crippen LogP contribution is 2.21. The molecule has 1 atom stereocenters. The first-order valence-corrected chi connectivity index (χ1v) is 8.31. The molecule has 0 saturated carbocycles. The molecular formula is C14H16N2O2S2. The summed E-state index contributed by atoms with van der Waals surface area (Å²) in [4.78, 5) is 17.1. The van der Waals surface area contributed by atoms with Crippen LogP contribution in [-0.4, -0.2) is 28.8 Å². The number of carbonyl (C=O) groups is 1. The van der Waals surface area contributed by atoms with Crippen LogP contribution in [0.25, 0.3) is 0 Å². The Morgan fingerprint density at radius 3 is 3.05 bits per heavy atom. The summed E-state index contributed by atoms with van der Waals surface area (Å²) in [6, 6.07) is 7.30. The van der Waals surface area contributed by atoms with Crippen molar-refractivity contribution in [3.8, 4) is 0 Å². The Kier molecular flexibility index (Phi) is 5.58. The summed E-state index contributed by atoms with van der Waals surface area (Å²) < 4.78 is 0. The molecule has 2 heterocycles. The largest absolute Gasteiger partial charge is 0.388 e. The number of hydrogen-bond donors (Lipinski definition) is 2. The molecule has 0 bridgehead atoms. The number of carbonyl (C=O) groups excluding carboxylic acids is 1. The van der Waals surface area contributed by atoms with Gasteiger partial charge in [-0.05, 0) is 36.3 Å². The lowest BCUT2D eigenvalue weighted by Crippen LogP contribution is -2.26. The first-order chi connectivity index (χ1) is 9.72. The van der Waals surface area contributed by atoms with Gasteiger partial charge < -0.3 is 10.4 Å². The van der Waals surface area contributed by atoms with Gasteiger partial charge in [-0.3, -0.25) is 4.79 Å². The van der Waals surface area contributed by atoms with Gasteiger partial charge in [0.15, 0.2) is 0 Å². The zero-order chi connectivity index (χ0) is 14.4. The van der Waals surface area contributed by atoms with Gasteiger partial charge in [0.2, 0.25) is 0 Å². The number of thioether (sulfide) groups is 1. The molecule has 0 spiro atoms. The maximum absolute atomic E-state index is 12.0. The van der Waals surface area contributed by atoms with Crippen LogP contribution in [0.15, 0.2) is 40.9 Å². The Labute approximate surface area is 126 Å². The highest BCUT2D eigenvalue weighted by atomic mass is 32.2. The molecule has 1 amide bonds. The van der Waals surface area contributed by atoms with Crippen molar-refractivity contribution in [1.82, 2.24) is 10.3 Å². The van der Waals surface area contributed by atoms with Crippen LogP contribution in [0.2, 0.25) is 0 Å². The lowest BCUT2D eigenvalue weighted by molar-refractivity contribution is 0.0939. The van der Waals surface area contributed by atoms with Gasteiger partial charge in [-0.2, -0.15) is 0 Å². The molecule has 0 radical (unpaired) electrons. The Morgan fingerprint density at radius 2 is 2.35 bits per heavy atom. The number of pyridine rings is 1. The summed E-state index contributed by atoms with van der Waals surface area (Å²) in [5.74, 6) is -0.152. The lowest BCUT2D eigenvalue weighted by Gasteiger charge is -2.10. The number of amides is 1. The van der Waals surface area contributed by atoms with Crippen LogP contribution in [0, 0.1) is 0 Å². The molecule has 4 nitrogen and oxygen atoms in total. The second-order valence-electron chi connectivity index (χ2n) is 4.14. The molecule has 0 aliphatic heterocycles. The van der Waals surface area contributed by atoms with E-state index in [2.05, 4.69) is 10.3 Å². The summed E-state index contributed by atoms with van der Waals surface area (Å²) in [6.45, 7) is 0.431. The minimum absolute atomic E-state index is 0.152. The van der Waals surface area contributed by atoms with Crippen LogP contribution in [-0.2, 0) is 0 Å². The van der Waals surface area contributed by atoms with E-state index in [9.17, 15) is 9.90 Å². The molecule has 2 aromatic heterocycles. The van der Waals surface area contributed by atoms with E-state index in [-0.39, 0.29) is 5.91 Å². The highest BCUT2D eigenvalue weighted by molar-refractivity contribution is 7.98. The third-order valence-corrected chi connectivity index (χ3v) is 4.47. The molecule has 0 aliphatic carbocycles. The van der Waals surface area contributed by atoms with Crippen LogP contribution in [0.1, 0.15) is 27.8 Å². The van der Waals surface area contributed by atoms with Crippen molar-refractivity contribution in [2.75, 3.05) is 12.8 Å². The molecule has 2 rings (SSSR count). The summed E-state index contributed by atoms with van der Waals surface area (Å²) in [5.41, 5.74) is 0.575. The van der Waals surface area contributed by atoms with Crippen molar-refractivity contribution in [1.29, 1.82) is 0 Å². The van der Waals surface area contributed by atoms with Gasteiger partial charge >= 0.3 is 0 Å². The van der Waals surface area contributed by atoms with Crippen molar-refractivity contribution < 1.29 is 9.90 Å². The smallest absolute Gasteiger partial charge is 0.254 e. The minimum Gasteiger partial charge on any atom is -0.388 e. The van der Waals surface area contributed by atoms with E-state index in [4.69, 9.17) is 0 Å². The number of hydrogen-bond acceptors (Lipinski definition) is 5. The number of rotatable bonds is 6. The molecule has 1 unspecified atom stereocenters. The van der Waals surface area contributed by atoms with E-state index >= 15 is 0 Å². The second kappa shape index (κ2) is 7.42. The summed E-state index contributed by atoms with van der Waals surface area (Å²) >= 11 is 2.96. The van der Waals surface area contributed by atoms with Crippen molar-refractivity contribution in [2.45, 2.75) is 17.6 Å². The van der Waals surface area contributed by atoms with Crippen molar-refractivity contribution in [3.05, 3.63) is 46.3 Å². The Morgan fingerprint density at radius 1 is 1.50 bits per heavy atom. The van der Waals surface area contributed by atoms with Crippen LogP contribution in [0.5, 0.6) is 0 Å². The topological polar surface area (TPSA) is 62.2 Å². The van der Waals surface area contributed by atoms with Gasteiger partial charge in [-0.25, -0.2) is 4.98 Å². The summed E-state index contributed by atoms with van der Waals surface area (Å²) in [5, 5.41) is 15.4. The van der Waals surface area contributed by atoms with Gasteiger partial charge in [0.1, 0.15) is 5.03 Å². The molecular weight excluding hydrogens is 292 g/mol. The Bertz CT molecular complexity index is 558. The van der Waals surface area contributed by atoms with E-state index in [1.807, 2.05) is 23.8 Å². The SMILES string of the molecule is CSc1ncccc1C(=O)NCCC(O)c1cccs1. The van der Waals surface area contributed by atoms with E-state index in [1.165, 1.54) is 23.1 Å². The normalized spacial score (nSPS) is 12.1. The standard InChI is InChI=1S/C14H16N2O2S2/c1-19-14-10(4-2-7-16-14)13(18)15-8-6-11(17)12-5-3-9-20-12/h2-5,7,9,11,17H,6,8H2,1H3,(H,15,18). The van der Waals surface area contributed by atoms with E-state index in [0.29, 0.717) is 23.6 Å². The van der Waals surface area contributed by atoms with Gasteiger partial charge in [-0.15, -0.1) is 23.1 Å². The van der Waals surface area contributed by atoms with E-state index < -0.39 is 6.10 Å². The molecule has 2 N–H and O–H groups in total. The average molecular weight is 308 g/mol. The minimum atomic E-state index is -0.524. The van der Waals surface area contributed by atoms with E-state index in [0.717, 1.165) is 4.88 Å². The number of aromatic nitrogens is 1. The quantitative estimate of drug-likeness (QED) is 0.806. The Hall–Kier alpha value is -1.37. The van der Waals surface area contributed by atoms with Gasteiger partial charge in [-0.1, -0.05) is 6.07 Å². The molecule has 0 fully saturated rings. The number of aliphatic hydroxyl groups excluding tert-OH is 1. The van der Waals surface area contributed by atoms with Crippen LogP contribution < -0.4 is 5.32 Å². The number of aliphatic hydroxyl groups is 1. The Balaban J connectivity index is 1.86. The molecule has 2 aromatic rings. The highest BCUT2D eigenvalue weighted by Gasteiger charge is 2.13. The fourth-order valence-corrected chi connectivity index (χ4v) is 3.06. The maximum atomic E-state index is 12.0. The molecule has 0 aliphatic rings. The van der Waals surface area contributed by atoms with Crippen LogP contribution >= 0.6 is 23.1 Å². The first kappa shape index (κ1) is 15.0. The molecule has 0 saturated heterocycles. The molecule has 20 heavy (non-hydrogen) atoms. The van der Waals surface area contributed by atoms with Crippen LogP contribution in [0.4, 0.5) is 0 Å². The third kappa shape index (κ3) is 3.82. The monoisotopic (exact) mass is 308 g/mol. The predicted octanol–water partition coefficient (Wildman–Crippen LogP) is 2.72. The van der Waals surface area contributed by atoms with Crippen molar-refractivity contribution >= 4 is 29.0 Å². The fourth-order valence-electron chi connectivity index (χ4n) is 1.77. The number of thiophene rings is 1. The molecule has 0 aromatic carbocycles. The average Bonchev–Trinajstić information content (AvgIpc) is 3.01. The number of nitrogens with one attached hydrogen (secondary N) is 1. The van der Waals surface area contributed by atoms with Gasteiger partial charge in [0, 0.05) is 17.6 Å². The molecule has 106 valence electrons. The summed E-state index contributed by atoms with van der Waals surface area (Å²) in [6.07, 6.45) is 3.54. The number of nitrogens with zero attached hydrogens (tertiary/aromatic N) is 1. The maximum Gasteiger partial charge on any atom is 0.254 e. The summed E-state index contributed by atoms with van der Waals surface area (Å²) in [7, 11) is 0. The predicted molar refractivity (Wildman–Crippen MR) is 82.2 cm³/mol. The lowest BCUT2D eigenvalue weighted by atomic mass is 10.2. The first-order valence-electron chi connectivity index (χ1n) is 6.21. The second-order valence-corrected chi connectivity index (χ2v) is 5.91.